The quantitative estimate of drug-likeness (QED) is 0.405. The number of thiol groups is 1. The highest BCUT2D eigenvalue weighted by Crippen LogP contribution is 2.05. The fourth-order valence-electron chi connectivity index (χ4n) is 1.17. The van der Waals surface area contributed by atoms with E-state index in [-0.39, 0.29) is 12.5 Å². The topological polar surface area (TPSA) is 85.9 Å². The van der Waals surface area contributed by atoms with Crippen LogP contribution in [0.1, 0.15) is 20.8 Å². The van der Waals surface area contributed by atoms with Crippen molar-refractivity contribution < 1.29 is 23.8 Å². The first-order valence-corrected chi connectivity index (χ1v) is 7.48. The number of alkyl carbamates (subject to hydrolysis) is 1. The van der Waals surface area contributed by atoms with Crippen molar-refractivity contribution in [1.29, 1.82) is 0 Å². The van der Waals surface area contributed by atoms with Crippen LogP contribution >= 0.6 is 12.6 Å². The lowest BCUT2D eigenvalue weighted by atomic mass is 10.2. The SMILES string of the molecule is CC(C)(C)OC(=O)NCCOCCOCC(=O)NCCS. The zero-order valence-electron chi connectivity index (χ0n) is 12.9. The summed E-state index contributed by atoms with van der Waals surface area (Å²) in [5.41, 5.74) is -0.508. The second kappa shape index (κ2) is 11.6. The average Bonchev–Trinajstić information content (AvgIpc) is 2.37. The van der Waals surface area contributed by atoms with Crippen LogP contribution in [0, 0.1) is 0 Å². The number of carbonyl (C=O) groups is 2. The van der Waals surface area contributed by atoms with Crippen molar-refractivity contribution in [3.05, 3.63) is 0 Å². The standard InChI is InChI=1S/C13H26N2O5S/c1-13(2,3)20-12(17)15-4-6-18-7-8-19-10-11(16)14-5-9-21/h21H,4-10H2,1-3H3,(H,14,16)(H,15,17). The molecule has 124 valence electrons. The van der Waals surface area contributed by atoms with E-state index in [0.29, 0.717) is 38.7 Å². The van der Waals surface area contributed by atoms with E-state index < -0.39 is 11.7 Å². The van der Waals surface area contributed by atoms with Crippen molar-refractivity contribution in [2.75, 3.05) is 45.3 Å². The first-order chi connectivity index (χ1) is 9.85. The maximum atomic E-state index is 11.3. The Balaban J connectivity index is 3.33. The number of nitrogens with one attached hydrogen (secondary N) is 2. The Kier molecular flexibility index (Phi) is 11.1. The third-order valence-corrected chi connectivity index (χ3v) is 2.18. The van der Waals surface area contributed by atoms with Gasteiger partial charge in [-0.3, -0.25) is 4.79 Å². The average molecular weight is 322 g/mol. The van der Waals surface area contributed by atoms with Gasteiger partial charge in [-0.05, 0) is 20.8 Å². The van der Waals surface area contributed by atoms with Gasteiger partial charge in [-0.15, -0.1) is 0 Å². The summed E-state index contributed by atoms with van der Waals surface area (Å²) in [6.07, 6.45) is -0.469. The molecule has 0 radical (unpaired) electrons. The van der Waals surface area contributed by atoms with Crippen LogP contribution in [-0.2, 0) is 19.0 Å². The molecule has 0 bridgehead atoms. The number of amides is 2. The van der Waals surface area contributed by atoms with Crippen LogP contribution in [0.4, 0.5) is 4.79 Å². The van der Waals surface area contributed by atoms with Crippen LogP contribution in [0.5, 0.6) is 0 Å². The van der Waals surface area contributed by atoms with Crippen molar-refractivity contribution in [3.63, 3.8) is 0 Å². The van der Waals surface area contributed by atoms with E-state index >= 15 is 0 Å². The maximum absolute atomic E-state index is 11.3. The summed E-state index contributed by atoms with van der Waals surface area (Å²) in [5.74, 6) is 0.426. The predicted molar refractivity (Wildman–Crippen MR) is 82.7 cm³/mol. The Labute approximate surface area is 131 Å². The van der Waals surface area contributed by atoms with Gasteiger partial charge in [0.2, 0.25) is 5.91 Å². The Hall–Kier alpha value is -0.990. The Morgan fingerprint density at radius 3 is 2.29 bits per heavy atom. The van der Waals surface area contributed by atoms with Crippen LogP contribution < -0.4 is 10.6 Å². The molecule has 0 aliphatic carbocycles. The van der Waals surface area contributed by atoms with Crippen LogP contribution in [0.15, 0.2) is 0 Å². The first kappa shape index (κ1) is 20.0. The van der Waals surface area contributed by atoms with Gasteiger partial charge < -0.3 is 24.8 Å². The summed E-state index contributed by atoms with van der Waals surface area (Å²) in [5, 5.41) is 5.21. The largest absolute Gasteiger partial charge is 0.444 e. The molecule has 0 fully saturated rings. The van der Waals surface area contributed by atoms with Gasteiger partial charge in [0, 0.05) is 18.8 Å². The van der Waals surface area contributed by atoms with Gasteiger partial charge >= 0.3 is 6.09 Å². The highest BCUT2D eigenvalue weighted by atomic mass is 32.1. The van der Waals surface area contributed by atoms with Crippen molar-refractivity contribution in [2.45, 2.75) is 26.4 Å². The Bertz CT molecular complexity index is 307. The molecule has 2 N–H and O–H groups in total. The lowest BCUT2D eigenvalue weighted by Gasteiger charge is -2.19. The number of rotatable bonds is 10. The minimum absolute atomic E-state index is 0.00724. The second-order valence-corrected chi connectivity index (χ2v) is 5.61. The van der Waals surface area contributed by atoms with Gasteiger partial charge in [0.15, 0.2) is 0 Å². The summed E-state index contributed by atoms with van der Waals surface area (Å²) in [6.45, 7) is 7.32. The summed E-state index contributed by atoms with van der Waals surface area (Å²) in [4.78, 5) is 22.4. The van der Waals surface area contributed by atoms with E-state index in [1.165, 1.54) is 0 Å². The van der Waals surface area contributed by atoms with E-state index in [2.05, 4.69) is 23.3 Å². The van der Waals surface area contributed by atoms with Gasteiger partial charge in [0.1, 0.15) is 12.2 Å². The number of ether oxygens (including phenoxy) is 3. The molecule has 0 aromatic rings. The third kappa shape index (κ3) is 15.2. The normalized spacial score (nSPS) is 11.0. The summed E-state index contributed by atoms with van der Waals surface area (Å²) < 4.78 is 15.4. The molecule has 0 rings (SSSR count). The van der Waals surface area contributed by atoms with E-state index in [9.17, 15) is 9.59 Å². The molecule has 0 aliphatic rings. The van der Waals surface area contributed by atoms with Crippen molar-refractivity contribution in [3.8, 4) is 0 Å². The molecule has 0 atom stereocenters. The Morgan fingerprint density at radius 1 is 1.00 bits per heavy atom. The molecule has 8 heteroatoms. The second-order valence-electron chi connectivity index (χ2n) is 5.17. The molecular weight excluding hydrogens is 296 g/mol. The van der Waals surface area contributed by atoms with Crippen molar-refractivity contribution in [2.24, 2.45) is 0 Å². The molecule has 0 heterocycles. The molecule has 0 aromatic heterocycles. The lowest BCUT2D eigenvalue weighted by Crippen LogP contribution is -2.34. The highest BCUT2D eigenvalue weighted by molar-refractivity contribution is 7.80. The van der Waals surface area contributed by atoms with Gasteiger partial charge in [0.05, 0.1) is 19.8 Å². The van der Waals surface area contributed by atoms with Gasteiger partial charge in [-0.1, -0.05) is 0 Å². The summed E-state index contributed by atoms with van der Waals surface area (Å²) in [7, 11) is 0. The summed E-state index contributed by atoms with van der Waals surface area (Å²) in [6, 6.07) is 0. The minimum atomic E-state index is -0.508. The molecule has 0 saturated heterocycles. The van der Waals surface area contributed by atoms with E-state index in [0.717, 1.165) is 0 Å². The zero-order valence-corrected chi connectivity index (χ0v) is 13.8. The summed E-state index contributed by atoms with van der Waals surface area (Å²) >= 11 is 3.97. The van der Waals surface area contributed by atoms with E-state index in [1.54, 1.807) is 20.8 Å². The molecule has 0 saturated carbocycles. The molecule has 0 unspecified atom stereocenters. The number of hydrogen-bond acceptors (Lipinski definition) is 6. The minimum Gasteiger partial charge on any atom is -0.444 e. The van der Waals surface area contributed by atoms with Crippen molar-refractivity contribution in [1.82, 2.24) is 10.6 Å². The fraction of sp³-hybridized carbons (Fsp3) is 0.846. The smallest absolute Gasteiger partial charge is 0.407 e. The monoisotopic (exact) mass is 322 g/mol. The van der Waals surface area contributed by atoms with E-state index in [1.807, 2.05) is 0 Å². The molecule has 2 amide bonds. The lowest BCUT2D eigenvalue weighted by molar-refractivity contribution is -0.126. The fourth-order valence-corrected chi connectivity index (χ4v) is 1.28. The van der Waals surface area contributed by atoms with Gasteiger partial charge in [-0.2, -0.15) is 12.6 Å². The number of carbonyl (C=O) groups excluding carboxylic acids is 2. The van der Waals surface area contributed by atoms with Crippen LogP contribution in [0.25, 0.3) is 0 Å². The third-order valence-electron chi connectivity index (χ3n) is 1.95. The molecule has 0 aliphatic heterocycles. The number of hydrogen-bond donors (Lipinski definition) is 3. The zero-order chi connectivity index (χ0) is 16.1. The molecule has 21 heavy (non-hydrogen) atoms. The Morgan fingerprint density at radius 2 is 1.67 bits per heavy atom. The molecule has 7 nitrogen and oxygen atoms in total. The van der Waals surface area contributed by atoms with Crippen LogP contribution in [0.2, 0.25) is 0 Å². The molecular formula is C13H26N2O5S. The van der Waals surface area contributed by atoms with Crippen LogP contribution in [-0.4, -0.2) is 62.9 Å². The van der Waals surface area contributed by atoms with Gasteiger partial charge in [0.25, 0.3) is 0 Å². The predicted octanol–water partition coefficient (Wildman–Crippen LogP) is 0.590. The van der Waals surface area contributed by atoms with Crippen molar-refractivity contribution >= 4 is 24.6 Å². The van der Waals surface area contributed by atoms with Gasteiger partial charge in [-0.25, -0.2) is 4.79 Å². The van der Waals surface area contributed by atoms with Crippen LogP contribution in [0.3, 0.4) is 0 Å². The first-order valence-electron chi connectivity index (χ1n) is 6.85. The molecule has 0 aromatic carbocycles. The molecule has 0 spiro atoms. The maximum Gasteiger partial charge on any atom is 0.407 e. The van der Waals surface area contributed by atoms with E-state index in [4.69, 9.17) is 14.2 Å². The highest BCUT2D eigenvalue weighted by Gasteiger charge is 2.15.